The minimum atomic E-state index is -0.939. The quantitative estimate of drug-likeness (QED) is 0.371. The van der Waals surface area contributed by atoms with Crippen LogP contribution in [0.2, 0.25) is 0 Å². The van der Waals surface area contributed by atoms with Crippen molar-refractivity contribution in [2.45, 2.75) is 6.92 Å². The molecule has 0 N–H and O–H groups in total. The predicted octanol–water partition coefficient (Wildman–Crippen LogP) is 2.82. The fourth-order valence-electron chi connectivity index (χ4n) is 2.69. The van der Waals surface area contributed by atoms with Crippen molar-refractivity contribution < 1.29 is 14.5 Å². The zero-order chi connectivity index (χ0) is 18.0. The molecule has 1 atom stereocenters. The number of nitro groups is 1. The van der Waals surface area contributed by atoms with Crippen molar-refractivity contribution in [2.75, 3.05) is 0 Å². The van der Waals surface area contributed by atoms with Gasteiger partial charge in [-0.2, -0.15) is 10.2 Å². The predicted molar refractivity (Wildman–Crippen MR) is 92.2 cm³/mol. The van der Waals surface area contributed by atoms with Crippen LogP contribution in [0.4, 0.5) is 5.69 Å². The van der Waals surface area contributed by atoms with Gasteiger partial charge in [0.1, 0.15) is 11.7 Å². The van der Waals surface area contributed by atoms with Gasteiger partial charge in [-0.1, -0.05) is 24.3 Å². The summed E-state index contributed by atoms with van der Waals surface area (Å²) < 4.78 is 0. The summed E-state index contributed by atoms with van der Waals surface area (Å²) in [5.41, 5.74) is 1.99. The van der Waals surface area contributed by atoms with Gasteiger partial charge >= 0.3 is 0 Å². The van der Waals surface area contributed by atoms with Gasteiger partial charge in [-0.3, -0.25) is 19.7 Å². The first kappa shape index (κ1) is 16.4. The molecule has 0 saturated carbocycles. The number of fused-ring (bicyclic) bond motifs is 1. The molecule has 0 bridgehead atoms. The molecule has 1 aliphatic rings. The molecular formula is C18H13N3O4. The number of nitro benzene ring substituents is 1. The Balaban J connectivity index is 1.92. The smallest absolute Gasteiger partial charge is 0.269 e. The van der Waals surface area contributed by atoms with E-state index in [1.807, 2.05) is 0 Å². The molecule has 0 aliphatic heterocycles. The third-order valence-electron chi connectivity index (χ3n) is 3.89. The van der Waals surface area contributed by atoms with Crippen LogP contribution in [0.1, 0.15) is 28.4 Å². The molecule has 0 saturated heterocycles. The highest BCUT2D eigenvalue weighted by atomic mass is 16.6. The average Bonchev–Trinajstić information content (AvgIpc) is 2.88. The molecule has 7 heteroatoms. The van der Waals surface area contributed by atoms with E-state index in [0.29, 0.717) is 22.4 Å². The number of benzene rings is 2. The molecule has 1 aliphatic carbocycles. The molecule has 25 heavy (non-hydrogen) atoms. The zero-order valence-corrected chi connectivity index (χ0v) is 13.2. The summed E-state index contributed by atoms with van der Waals surface area (Å²) in [4.78, 5) is 34.4. The van der Waals surface area contributed by atoms with Crippen LogP contribution in [0.3, 0.4) is 0 Å². The second-order valence-corrected chi connectivity index (χ2v) is 5.53. The second-order valence-electron chi connectivity index (χ2n) is 5.53. The maximum atomic E-state index is 12.4. The summed E-state index contributed by atoms with van der Waals surface area (Å²) in [6.45, 7) is 1.35. The van der Waals surface area contributed by atoms with Gasteiger partial charge in [0.15, 0.2) is 5.78 Å². The van der Waals surface area contributed by atoms with Gasteiger partial charge in [0.2, 0.25) is 0 Å². The van der Waals surface area contributed by atoms with E-state index < -0.39 is 10.8 Å². The number of hydrogen-bond donors (Lipinski definition) is 0. The number of carbonyl (C=O) groups is 2. The van der Waals surface area contributed by atoms with E-state index >= 15 is 0 Å². The number of ketones is 2. The third kappa shape index (κ3) is 3.12. The molecule has 0 radical (unpaired) electrons. The topological polar surface area (TPSA) is 102 Å². The molecule has 0 fully saturated rings. The highest BCUT2D eigenvalue weighted by Gasteiger charge is 2.39. The SMILES string of the molecule is CC(=O)C1C(=O)c2ccccc2C1=NN=Cc1ccc([N+](=O)[O-])cc1. The fraction of sp³-hybridized carbons (Fsp3) is 0.111. The van der Waals surface area contributed by atoms with E-state index in [-0.39, 0.29) is 17.3 Å². The van der Waals surface area contributed by atoms with Gasteiger partial charge in [-0.25, -0.2) is 0 Å². The van der Waals surface area contributed by atoms with Gasteiger partial charge < -0.3 is 0 Å². The average molecular weight is 335 g/mol. The maximum absolute atomic E-state index is 12.4. The molecule has 2 aromatic carbocycles. The summed E-state index contributed by atoms with van der Waals surface area (Å²) in [7, 11) is 0. The Morgan fingerprint density at radius 1 is 1.12 bits per heavy atom. The first-order valence-electron chi connectivity index (χ1n) is 7.48. The maximum Gasteiger partial charge on any atom is 0.269 e. The van der Waals surface area contributed by atoms with Crippen molar-refractivity contribution >= 4 is 29.2 Å². The zero-order valence-electron chi connectivity index (χ0n) is 13.2. The normalized spacial score (nSPS) is 17.9. The summed E-state index contributed by atoms with van der Waals surface area (Å²) in [5, 5.41) is 18.7. The highest BCUT2D eigenvalue weighted by molar-refractivity contribution is 6.36. The van der Waals surface area contributed by atoms with Crippen LogP contribution < -0.4 is 0 Å². The molecule has 0 heterocycles. The van der Waals surface area contributed by atoms with Gasteiger partial charge in [-0.05, 0) is 24.6 Å². The Morgan fingerprint density at radius 2 is 1.76 bits per heavy atom. The number of non-ortho nitro benzene ring substituents is 1. The first-order chi connectivity index (χ1) is 12.0. The molecule has 1 unspecified atom stereocenters. The number of rotatable bonds is 4. The van der Waals surface area contributed by atoms with Crippen LogP contribution in [-0.4, -0.2) is 28.4 Å². The Hall–Kier alpha value is -3.48. The molecule has 0 spiro atoms. The van der Waals surface area contributed by atoms with Crippen LogP contribution in [-0.2, 0) is 4.79 Å². The lowest BCUT2D eigenvalue weighted by molar-refractivity contribution is -0.384. The van der Waals surface area contributed by atoms with Crippen LogP contribution in [0, 0.1) is 16.0 Å². The molecule has 3 rings (SSSR count). The Labute approximate surface area is 142 Å². The van der Waals surface area contributed by atoms with Crippen molar-refractivity contribution in [1.82, 2.24) is 0 Å². The van der Waals surface area contributed by atoms with Gasteiger partial charge in [0.05, 0.1) is 16.8 Å². The van der Waals surface area contributed by atoms with E-state index in [0.717, 1.165) is 0 Å². The molecule has 124 valence electrons. The number of Topliss-reactive ketones (excluding diaryl/α,β-unsaturated/α-hetero) is 2. The van der Waals surface area contributed by atoms with E-state index in [2.05, 4.69) is 10.2 Å². The van der Waals surface area contributed by atoms with Gasteiger partial charge in [0.25, 0.3) is 5.69 Å². The van der Waals surface area contributed by atoms with Crippen molar-refractivity contribution in [3.05, 3.63) is 75.3 Å². The summed E-state index contributed by atoms with van der Waals surface area (Å²) >= 11 is 0. The van der Waals surface area contributed by atoms with Crippen molar-refractivity contribution in [3.8, 4) is 0 Å². The van der Waals surface area contributed by atoms with E-state index in [1.165, 1.54) is 37.4 Å². The molecule has 7 nitrogen and oxygen atoms in total. The standard InChI is InChI=1S/C18H13N3O4/c1-11(22)16-17(14-4-2-3-5-15(14)18(16)23)20-19-10-12-6-8-13(9-7-12)21(24)25/h2-10,16H,1H3. The minimum Gasteiger partial charge on any atom is -0.299 e. The van der Waals surface area contributed by atoms with Crippen LogP contribution in [0.15, 0.2) is 58.7 Å². The van der Waals surface area contributed by atoms with Crippen LogP contribution in [0.5, 0.6) is 0 Å². The first-order valence-corrected chi connectivity index (χ1v) is 7.48. The Morgan fingerprint density at radius 3 is 2.36 bits per heavy atom. The van der Waals surface area contributed by atoms with E-state index in [9.17, 15) is 19.7 Å². The fourth-order valence-corrected chi connectivity index (χ4v) is 2.69. The number of carbonyl (C=O) groups excluding carboxylic acids is 2. The third-order valence-corrected chi connectivity index (χ3v) is 3.89. The lowest BCUT2D eigenvalue weighted by atomic mass is 9.99. The van der Waals surface area contributed by atoms with Crippen molar-refractivity contribution in [1.29, 1.82) is 0 Å². The molecular weight excluding hydrogens is 322 g/mol. The highest BCUT2D eigenvalue weighted by Crippen LogP contribution is 2.28. The van der Waals surface area contributed by atoms with Gasteiger partial charge in [-0.15, -0.1) is 0 Å². The lowest BCUT2D eigenvalue weighted by Crippen LogP contribution is -2.23. The minimum absolute atomic E-state index is 0.0181. The molecule has 0 aromatic heterocycles. The lowest BCUT2D eigenvalue weighted by Gasteiger charge is -2.03. The molecule has 0 amide bonds. The van der Waals surface area contributed by atoms with E-state index in [1.54, 1.807) is 24.3 Å². The summed E-state index contributed by atoms with van der Waals surface area (Å²) in [6, 6.07) is 12.7. The number of nitrogens with zero attached hydrogens (tertiary/aromatic N) is 3. The van der Waals surface area contributed by atoms with Crippen molar-refractivity contribution in [2.24, 2.45) is 16.1 Å². The summed E-state index contributed by atoms with van der Waals surface area (Å²) in [6.07, 6.45) is 1.42. The van der Waals surface area contributed by atoms with Crippen molar-refractivity contribution in [3.63, 3.8) is 0 Å². The largest absolute Gasteiger partial charge is 0.299 e. The van der Waals surface area contributed by atoms with Gasteiger partial charge in [0, 0.05) is 23.3 Å². The van der Waals surface area contributed by atoms with Crippen LogP contribution in [0.25, 0.3) is 0 Å². The van der Waals surface area contributed by atoms with E-state index in [4.69, 9.17) is 0 Å². The molecule has 2 aromatic rings. The summed E-state index contributed by atoms with van der Waals surface area (Å²) in [5.74, 6) is -1.50. The second kappa shape index (κ2) is 6.56. The monoisotopic (exact) mass is 335 g/mol. The Bertz CT molecular complexity index is 930. The van der Waals surface area contributed by atoms with Crippen LogP contribution >= 0.6 is 0 Å². The Kier molecular flexibility index (Phi) is 4.30. The number of hydrogen-bond acceptors (Lipinski definition) is 6.